The minimum atomic E-state index is -0.862. The van der Waals surface area contributed by atoms with Crippen molar-refractivity contribution in [1.82, 2.24) is 10.2 Å². The summed E-state index contributed by atoms with van der Waals surface area (Å²) in [4.78, 5) is 26.8. The number of hydrogen-bond donors (Lipinski definition) is 2. The van der Waals surface area contributed by atoms with Crippen LogP contribution in [0.5, 0.6) is 0 Å². The number of carboxylic acids is 1. The average Bonchev–Trinajstić information content (AvgIpc) is 2.95. The summed E-state index contributed by atoms with van der Waals surface area (Å²) >= 11 is 1.73. The first kappa shape index (κ1) is 15.8. The highest BCUT2D eigenvalue weighted by Gasteiger charge is 2.35. The molecule has 2 heterocycles. The number of fused-ring (bicyclic) bond motifs is 1. The van der Waals surface area contributed by atoms with Gasteiger partial charge < -0.3 is 15.3 Å². The van der Waals surface area contributed by atoms with E-state index in [0.29, 0.717) is 25.9 Å². The second-order valence-electron chi connectivity index (χ2n) is 5.49. The van der Waals surface area contributed by atoms with Gasteiger partial charge in [-0.15, -0.1) is 11.3 Å². The zero-order valence-corrected chi connectivity index (χ0v) is 13.3. The highest BCUT2D eigenvalue weighted by atomic mass is 32.1. The third-order valence-electron chi connectivity index (χ3n) is 4.48. The zero-order valence-electron chi connectivity index (χ0n) is 12.5. The molecule has 0 spiro atoms. The molecule has 5 nitrogen and oxygen atoms in total. The monoisotopic (exact) mass is 310 g/mol. The van der Waals surface area contributed by atoms with Gasteiger partial charge in [0.25, 0.3) is 0 Å². The maximum absolute atomic E-state index is 12.3. The summed E-state index contributed by atoms with van der Waals surface area (Å²) < 4.78 is 0. The van der Waals surface area contributed by atoms with Gasteiger partial charge in [-0.25, -0.2) is 4.79 Å². The first-order chi connectivity index (χ1) is 10.0. The number of nitrogens with zero attached hydrogens (tertiary/aromatic N) is 1. The molecular formula is C15H22N2O3S. The molecule has 0 aliphatic carbocycles. The Morgan fingerprint density at radius 3 is 2.76 bits per heavy atom. The molecule has 116 valence electrons. The minimum Gasteiger partial charge on any atom is -0.481 e. The summed E-state index contributed by atoms with van der Waals surface area (Å²) in [6.07, 6.45) is 1.90. The van der Waals surface area contributed by atoms with Gasteiger partial charge in [0.15, 0.2) is 0 Å². The van der Waals surface area contributed by atoms with E-state index in [-0.39, 0.29) is 12.6 Å². The van der Waals surface area contributed by atoms with Gasteiger partial charge in [0.2, 0.25) is 0 Å². The van der Waals surface area contributed by atoms with Crippen LogP contribution in [0.2, 0.25) is 0 Å². The number of carbonyl (C=O) groups excluding carboxylic acids is 1. The lowest BCUT2D eigenvalue weighted by atomic mass is 9.82. The Kier molecular flexibility index (Phi) is 4.88. The van der Waals surface area contributed by atoms with Crippen molar-refractivity contribution in [3.05, 3.63) is 21.9 Å². The van der Waals surface area contributed by atoms with Crippen molar-refractivity contribution in [3.8, 4) is 0 Å². The Balaban J connectivity index is 1.95. The van der Waals surface area contributed by atoms with E-state index in [1.54, 1.807) is 16.2 Å². The Bertz CT molecular complexity index is 523. The molecule has 0 saturated heterocycles. The third-order valence-corrected chi connectivity index (χ3v) is 5.50. The van der Waals surface area contributed by atoms with Crippen LogP contribution in [0.15, 0.2) is 11.4 Å². The molecule has 2 rings (SSSR count). The number of hydrogen-bond acceptors (Lipinski definition) is 3. The first-order valence-corrected chi connectivity index (χ1v) is 8.21. The van der Waals surface area contributed by atoms with Crippen LogP contribution in [0.25, 0.3) is 0 Å². The van der Waals surface area contributed by atoms with Gasteiger partial charge in [0.05, 0.1) is 5.41 Å². The summed E-state index contributed by atoms with van der Waals surface area (Å²) in [6, 6.07) is 1.89. The number of nitrogens with one attached hydrogen (secondary N) is 1. The van der Waals surface area contributed by atoms with Crippen LogP contribution in [0, 0.1) is 5.41 Å². The predicted molar refractivity (Wildman–Crippen MR) is 82.5 cm³/mol. The maximum atomic E-state index is 12.3. The van der Waals surface area contributed by atoms with E-state index in [4.69, 9.17) is 0 Å². The molecule has 0 saturated carbocycles. The molecule has 0 radical (unpaired) electrons. The van der Waals surface area contributed by atoms with Crippen LogP contribution in [0.3, 0.4) is 0 Å². The van der Waals surface area contributed by atoms with Gasteiger partial charge in [-0.3, -0.25) is 4.79 Å². The fourth-order valence-electron chi connectivity index (χ4n) is 2.66. The Hall–Kier alpha value is -1.56. The van der Waals surface area contributed by atoms with Crippen LogP contribution in [-0.4, -0.2) is 35.1 Å². The smallest absolute Gasteiger partial charge is 0.317 e. The first-order valence-electron chi connectivity index (χ1n) is 7.34. The van der Waals surface area contributed by atoms with E-state index < -0.39 is 11.4 Å². The van der Waals surface area contributed by atoms with Gasteiger partial charge in [-0.05, 0) is 36.3 Å². The maximum Gasteiger partial charge on any atom is 0.317 e. The van der Waals surface area contributed by atoms with Gasteiger partial charge >= 0.3 is 12.0 Å². The molecule has 1 aliphatic heterocycles. The minimum absolute atomic E-state index is 0.167. The van der Waals surface area contributed by atoms with Crippen LogP contribution in [0.4, 0.5) is 4.79 Å². The molecular weight excluding hydrogens is 288 g/mol. The molecule has 0 atom stereocenters. The van der Waals surface area contributed by atoms with Crippen LogP contribution >= 0.6 is 11.3 Å². The molecule has 0 unspecified atom stereocenters. The molecule has 2 N–H and O–H groups in total. The van der Waals surface area contributed by atoms with Crippen molar-refractivity contribution < 1.29 is 14.7 Å². The molecule has 0 aromatic carbocycles. The second kappa shape index (κ2) is 6.47. The topological polar surface area (TPSA) is 69.6 Å². The van der Waals surface area contributed by atoms with Gasteiger partial charge in [0.1, 0.15) is 0 Å². The quantitative estimate of drug-likeness (QED) is 0.878. The fourth-order valence-corrected chi connectivity index (χ4v) is 3.55. The van der Waals surface area contributed by atoms with Crippen molar-refractivity contribution >= 4 is 23.3 Å². The standard InChI is InChI=1S/C15H22N2O3S/c1-3-15(4-2,13(18)19)10-16-14(20)17-7-5-12-11(9-17)6-8-21-12/h6,8H,3-5,7,9-10H2,1-2H3,(H,16,20)(H,18,19). The highest BCUT2D eigenvalue weighted by Crippen LogP contribution is 2.27. The van der Waals surface area contributed by atoms with E-state index in [0.717, 1.165) is 6.42 Å². The molecule has 0 bridgehead atoms. The Labute approximate surface area is 129 Å². The molecule has 2 amide bonds. The number of thiophene rings is 1. The third kappa shape index (κ3) is 3.20. The van der Waals surface area contributed by atoms with Gasteiger partial charge in [-0.1, -0.05) is 13.8 Å². The van der Waals surface area contributed by atoms with Crippen molar-refractivity contribution in [1.29, 1.82) is 0 Å². The molecule has 1 aromatic rings. The SMILES string of the molecule is CCC(CC)(CNC(=O)N1CCc2sccc2C1)C(=O)O. The number of carbonyl (C=O) groups is 2. The number of carboxylic acid groups (broad SMARTS) is 1. The number of aliphatic carboxylic acids is 1. The molecule has 0 fully saturated rings. The van der Waals surface area contributed by atoms with E-state index >= 15 is 0 Å². The normalized spacial score (nSPS) is 14.7. The number of rotatable bonds is 5. The van der Waals surface area contributed by atoms with Crippen LogP contribution in [0.1, 0.15) is 37.1 Å². The van der Waals surface area contributed by atoms with Crippen LogP contribution in [-0.2, 0) is 17.8 Å². The molecule has 1 aliphatic rings. The van der Waals surface area contributed by atoms with Gasteiger partial charge in [0, 0.05) is 24.5 Å². The number of amides is 2. The zero-order chi connectivity index (χ0) is 15.5. The lowest BCUT2D eigenvalue weighted by molar-refractivity contribution is -0.149. The Morgan fingerprint density at radius 1 is 1.43 bits per heavy atom. The van der Waals surface area contributed by atoms with Crippen LogP contribution < -0.4 is 5.32 Å². The van der Waals surface area contributed by atoms with Crippen molar-refractivity contribution in [2.24, 2.45) is 5.41 Å². The lowest BCUT2D eigenvalue weighted by Gasteiger charge is -2.31. The summed E-state index contributed by atoms with van der Waals surface area (Å²) in [7, 11) is 0. The summed E-state index contributed by atoms with van der Waals surface area (Å²) in [5.41, 5.74) is 0.343. The second-order valence-corrected chi connectivity index (χ2v) is 6.49. The van der Waals surface area contributed by atoms with Crippen molar-refractivity contribution in [3.63, 3.8) is 0 Å². The van der Waals surface area contributed by atoms with E-state index in [1.165, 1.54) is 10.4 Å². The summed E-state index contributed by atoms with van der Waals surface area (Å²) in [5.74, 6) is -0.841. The highest BCUT2D eigenvalue weighted by molar-refractivity contribution is 7.10. The van der Waals surface area contributed by atoms with Crippen molar-refractivity contribution in [2.75, 3.05) is 13.1 Å². The van der Waals surface area contributed by atoms with Crippen molar-refractivity contribution in [2.45, 2.75) is 39.7 Å². The largest absolute Gasteiger partial charge is 0.481 e. The van der Waals surface area contributed by atoms with E-state index in [1.807, 2.05) is 13.8 Å². The summed E-state index contributed by atoms with van der Waals surface area (Å²) in [5, 5.41) is 14.2. The predicted octanol–water partition coefficient (Wildman–Crippen LogP) is 2.71. The molecule has 1 aromatic heterocycles. The average molecular weight is 310 g/mol. The van der Waals surface area contributed by atoms with E-state index in [9.17, 15) is 14.7 Å². The Morgan fingerprint density at radius 2 is 2.14 bits per heavy atom. The molecule has 6 heteroatoms. The molecule has 21 heavy (non-hydrogen) atoms. The van der Waals surface area contributed by atoms with Gasteiger partial charge in [-0.2, -0.15) is 0 Å². The fraction of sp³-hybridized carbons (Fsp3) is 0.600. The summed E-state index contributed by atoms with van der Waals surface area (Å²) in [6.45, 7) is 5.19. The lowest BCUT2D eigenvalue weighted by Crippen LogP contribution is -2.48. The van der Waals surface area contributed by atoms with E-state index in [2.05, 4.69) is 16.8 Å². The number of urea groups is 1.